The van der Waals surface area contributed by atoms with E-state index in [1.165, 1.54) is 29.7 Å². The molecule has 0 radical (unpaired) electrons. The van der Waals surface area contributed by atoms with Crippen LogP contribution in [0.2, 0.25) is 0 Å². The van der Waals surface area contributed by atoms with Crippen LogP contribution in [0.15, 0.2) is 34.5 Å². The van der Waals surface area contributed by atoms with Crippen LogP contribution < -0.4 is 5.32 Å². The Kier molecular flexibility index (Phi) is 5.23. The largest absolute Gasteiger partial charge is 0.347 e. The monoisotopic (exact) mass is 352 g/mol. The van der Waals surface area contributed by atoms with Gasteiger partial charge in [-0.05, 0) is 37.6 Å². The van der Waals surface area contributed by atoms with Crippen molar-refractivity contribution in [3.63, 3.8) is 0 Å². The minimum atomic E-state index is -3.42. The summed E-state index contributed by atoms with van der Waals surface area (Å²) in [5, 5.41) is 2.83. The molecule has 0 spiro atoms. The number of carbonyl (C=O) groups is 1. The number of benzene rings is 1. The highest BCUT2D eigenvalue weighted by Gasteiger charge is 2.19. The SMILES string of the molecule is Cc1ccc(C(=O)NCc2ccc(S(=O)(=O)N(C)C)s2)c(C)c1. The molecule has 0 saturated carbocycles. The molecule has 2 rings (SSSR count). The van der Waals surface area contributed by atoms with Gasteiger partial charge in [-0.1, -0.05) is 17.7 Å². The van der Waals surface area contributed by atoms with E-state index < -0.39 is 10.0 Å². The van der Waals surface area contributed by atoms with Crippen LogP contribution in [-0.4, -0.2) is 32.7 Å². The first-order valence-corrected chi connectivity index (χ1v) is 9.34. The number of nitrogens with zero attached hydrogens (tertiary/aromatic N) is 1. The molecule has 1 N–H and O–H groups in total. The van der Waals surface area contributed by atoms with E-state index in [2.05, 4.69) is 5.32 Å². The molecule has 0 unspecified atom stereocenters. The van der Waals surface area contributed by atoms with Crippen LogP contribution in [0.1, 0.15) is 26.4 Å². The van der Waals surface area contributed by atoms with Gasteiger partial charge >= 0.3 is 0 Å². The maximum Gasteiger partial charge on any atom is 0.252 e. The molecule has 0 saturated heterocycles. The van der Waals surface area contributed by atoms with Crippen molar-refractivity contribution >= 4 is 27.3 Å². The Bertz CT molecular complexity index is 824. The third kappa shape index (κ3) is 3.99. The van der Waals surface area contributed by atoms with Crippen molar-refractivity contribution in [2.45, 2.75) is 24.6 Å². The van der Waals surface area contributed by atoms with Crippen molar-refractivity contribution in [1.82, 2.24) is 9.62 Å². The summed E-state index contributed by atoms with van der Waals surface area (Å²) in [6.07, 6.45) is 0. The third-order valence-corrected chi connectivity index (χ3v) is 6.79. The summed E-state index contributed by atoms with van der Waals surface area (Å²) in [4.78, 5) is 13.0. The van der Waals surface area contributed by atoms with E-state index in [9.17, 15) is 13.2 Å². The summed E-state index contributed by atoms with van der Waals surface area (Å²) >= 11 is 1.17. The van der Waals surface area contributed by atoms with E-state index in [4.69, 9.17) is 0 Å². The molecule has 7 heteroatoms. The second-order valence-corrected chi connectivity index (χ2v) is 9.06. The van der Waals surface area contributed by atoms with E-state index in [0.717, 1.165) is 16.0 Å². The first-order chi connectivity index (χ1) is 10.7. The molecule has 5 nitrogen and oxygen atoms in total. The van der Waals surface area contributed by atoms with Gasteiger partial charge in [0.25, 0.3) is 15.9 Å². The number of rotatable bonds is 5. The number of hydrogen-bond donors (Lipinski definition) is 1. The summed E-state index contributed by atoms with van der Waals surface area (Å²) in [5.74, 6) is -0.159. The Labute approximate surface area is 141 Å². The minimum Gasteiger partial charge on any atom is -0.347 e. The second-order valence-electron chi connectivity index (χ2n) is 5.51. The Balaban J connectivity index is 2.07. The summed E-state index contributed by atoms with van der Waals surface area (Å²) in [5.41, 5.74) is 2.66. The molecular weight excluding hydrogens is 332 g/mol. The standard InChI is InChI=1S/C16H20N2O3S2/c1-11-5-7-14(12(2)9-11)16(19)17-10-13-6-8-15(22-13)23(20,21)18(3)4/h5-9H,10H2,1-4H3,(H,17,19). The summed E-state index contributed by atoms with van der Waals surface area (Å²) in [6.45, 7) is 4.18. The first kappa shape index (κ1) is 17.7. The Morgan fingerprint density at radius 1 is 1.17 bits per heavy atom. The molecule has 0 aliphatic carbocycles. The normalized spacial score (nSPS) is 11.7. The van der Waals surface area contributed by atoms with Gasteiger partial charge in [-0.15, -0.1) is 11.3 Å². The molecule has 0 aliphatic rings. The molecule has 0 bridgehead atoms. The van der Waals surface area contributed by atoms with Crippen molar-refractivity contribution in [2.24, 2.45) is 0 Å². The van der Waals surface area contributed by atoms with E-state index in [1.54, 1.807) is 18.2 Å². The summed E-state index contributed by atoms with van der Waals surface area (Å²) < 4.78 is 25.5. The summed E-state index contributed by atoms with van der Waals surface area (Å²) in [6, 6.07) is 8.95. The van der Waals surface area contributed by atoms with Gasteiger partial charge in [0.05, 0.1) is 6.54 Å². The first-order valence-electron chi connectivity index (χ1n) is 7.08. The third-order valence-electron chi connectivity index (χ3n) is 3.42. The van der Waals surface area contributed by atoms with Crippen molar-refractivity contribution in [2.75, 3.05) is 14.1 Å². The molecular formula is C16H20N2O3S2. The second kappa shape index (κ2) is 6.82. The zero-order valence-electron chi connectivity index (χ0n) is 13.6. The lowest BCUT2D eigenvalue weighted by Gasteiger charge is -2.09. The van der Waals surface area contributed by atoms with Crippen LogP contribution in [0.5, 0.6) is 0 Å². The van der Waals surface area contributed by atoms with Crippen LogP contribution in [0, 0.1) is 13.8 Å². The number of nitrogens with one attached hydrogen (secondary N) is 1. The van der Waals surface area contributed by atoms with Crippen LogP contribution in [-0.2, 0) is 16.6 Å². The maximum absolute atomic E-state index is 12.2. The average molecular weight is 352 g/mol. The predicted molar refractivity (Wildman–Crippen MR) is 92.3 cm³/mol. The number of thiophene rings is 1. The number of amides is 1. The molecule has 0 atom stereocenters. The molecule has 124 valence electrons. The van der Waals surface area contributed by atoms with Crippen molar-refractivity contribution in [3.8, 4) is 0 Å². The number of carbonyl (C=O) groups excluding carboxylic acids is 1. The van der Waals surface area contributed by atoms with Crippen LogP contribution in [0.25, 0.3) is 0 Å². The van der Waals surface area contributed by atoms with E-state index in [0.29, 0.717) is 12.1 Å². The molecule has 1 aromatic heterocycles. The van der Waals surface area contributed by atoms with Crippen molar-refractivity contribution < 1.29 is 13.2 Å². The van der Waals surface area contributed by atoms with Crippen molar-refractivity contribution in [1.29, 1.82) is 0 Å². The smallest absolute Gasteiger partial charge is 0.252 e. The molecule has 0 aliphatic heterocycles. The highest BCUT2D eigenvalue weighted by molar-refractivity contribution is 7.91. The average Bonchev–Trinajstić information content (AvgIpc) is 2.94. The molecule has 1 aromatic carbocycles. The fourth-order valence-electron chi connectivity index (χ4n) is 2.10. The van der Waals surface area contributed by atoms with E-state index in [1.807, 2.05) is 26.0 Å². The highest BCUT2D eigenvalue weighted by Crippen LogP contribution is 2.23. The molecule has 1 heterocycles. The summed E-state index contributed by atoms with van der Waals surface area (Å²) in [7, 11) is -0.426. The van der Waals surface area contributed by atoms with Gasteiger partial charge in [0.2, 0.25) is 0 Å². The lowest BCUT2D eigenvalue weighted by molar-refractivity contribution is 0.0950. The Morgan fingerprint density at radius 2 is 1.87 bits per heavy atom. The van der Waals surface area contributed by atoms with Gasteiger partial charge < -0.3 is 5.32 Å². The van der Waals surface area contributed by atoms with Gasteiger partial charge in [0.15, 0.2) is 0 Å². The van der Waals surface area contributed by atoms with Gasteiger partial charge in [0.1, 0.15) is 4.21 Å². The lowest BCUT2D eigenvalue weighted by Crippen LogP contribution is -2.23. The topological polar surface area (TPSA) is 66.5 Å². The van der Waals surface area contributed by atoms with Gasteiger partial charge in [-0.25, -0.2) is 12.7 Å². The van der Waals surface area contributed by atoms with E-state index >= 15 is 0 Å². The van der Waals surface area contributed by atoms with Gasteiger partial charge in [0, 0.05) is 24.5 Å². The highest BCUT2D eigenvalue weighted by atomic mass is 32.2. The quantitative estimate of drug-likeness (QED) is 0.899. The Morgan fingerprint density at radius 3 is 2.48 bits per heavy atom. The fourth-order valence-corrected chi connectivity index (χ4v) is 4.57. The number of hydrogen-bond acceptors (Lipinski definition) is 4. The zero-order chi connectivity index (χ0) is 17.2. The molecule has 0 fully saturated rings. The Hall–Kier alpha value is -1.70. The van der Waals surface area contributed by atoms with Crippen LogP contribution >= 0.6 is 11.3 Å². The zero-order valence-corrected chi connectivity index (χ0v) is 15.2. The van der Waals surface area contributed by atoms with Crippen molar-refractivity contribution in [3.05, 3.63) is 51.9 Å². The minimum absolute atomic E-state index is 0.159. The fraction of sp³-hybridized carbons (Fsp3) is 0.312. The molecule has 2 aromatic rings. The van der Waals surface area contributed by atoms with Gasteiger partial charge in [-0.2, -0.15) is 0 Å². The maximum atomic E-state index is 12.2. The van der Waals surface area contributed by atoms with Gasteiger partial charge in [-0.3, -0.25) is 4.79 Å². The van der Waals surface area contributed by atoms with Crippen LogP contribution in [0.4, 0.5) is 0 Å². The van der Waals surface area contributed by atoms with Crippen LogP contribution in [0.3, 0.4) is 0 Å². The number of aryl methyl sites for hydroxylation is 2. The lowest BCUT2D eigenvalue weighted by atomic mass is 10.1. The van der Waals surface area contributed by atoms with E-state index in [-0.39, 0.29) is 10.1 Å². The number of sulfonamides is 1. The predicted octanol–water partition coefficient (Wildman–Crippen LogP) is 2.55. The molecule has 1 amide bonds. The molecule has 23 heavy (non-hydrogen) atoms.